The molecule has 37 heavy (non-hydrogen) atoms. The number of likely N-dealkylation sites (tertiary alicyclic amines) is 1. The maximum absolute atomic E-state index is 11.5. The molecule has 2 aromatic heterocycles. The van der Waals surface area contributed by atoms with Gasteiger partial charge in [-0.25, -0.2) is 4.98 Å². The number of anilines is 1. The molecule has 9 heteroatoms. The molecular weight excluding hydrogens is 488 g/mol. The summed E-state index contributed by atoms with van der Waals surface area (Å²) < 4.78 is 6.08. The van der Waals surface area contributed by atoms with Crippen molar-refractivity contribution in [1.29, 1.82) is 0 Å². The zero-order valence-electron chi connectivity index (χ0n) is 21.4. The maximum Gasteiger partial charge on any atom is 0.320 e. The quantitative estimate of drug-likeness (QED) is 0.321. The highest BCUT2D eigenvalue weighted by Crippen LogP contribution is 2.38. The smallest absolute Gasteiger partial charge is 0.320 e. The molecule has 2 aliphatic rings. The van der Waals surface area contributed by atoms with Crippen molar-refractivity contribution in [2.75, 3.05) is 38.6 Å². The SMILES string of the molecule is C=CC(=O)NCCNc1nc(OC[C@@H]2CCCN2C)nc2nc(-c3cccc4c3CC(C)C4)c(Cl)cc12. The zero-order valence-corrected chi connectivity index (χ0v) is 22.1. The normalized spacial score (nSPS) is 19.1. The average molecular weight is 521 g/mol. The number of benzene rings is 1. The molecule has 0 radical (unpaired) electrons. The van der Waals surface area contributed by atoms with Crippen molar-refractivity contribution in [3.63, 3.8) is 0 Å². The first-order chi connectivity index (χ1) is 17.9. The summed E-state index contributed by atoms with van der Waals surface area (Å²) in [7, 11) is 2.11. The van der Waals surface area contributed by atoms with E-state index in [1.807, 2.05) is 6.07 Å². The van der Waals surface area contributed by atoms with Crippen molar-refractivity contribution < 1.29 is 9.53 Å². The van der Waals surface area contributed by atoms with Crippen molar-refractivity contribution in [1.82, 2.24) is 25.2 Å². The monoisotopic (exact) mass is 520 g/mol. The number of amides is 1. The van der Waals surface area contributed by atoms with Gasteiger partial charge in [0.1, 0.15) is 12.4 Å². The minimum absolute atomic E-state index is 0.224. The number of hydrogen-bond acceptors (Lipinski definition) is 7. The minimum atomic E-state index is -0.224. The third kappa shape index (κ3) is 5.55. The van der Waals surface area contributed by atoms with Crippen LogP contribution in [-0.2, 0) is 17.6 Å². The van der Waals surface area contributed by atoms with Gasteiger partial charge in [-0.15, -0.1) is 0 Å². The highest BCUT2D eigenvalue weighted by molar-refractivity contribution is 6.34. The number of fused-ring (bicyclic) bond motifs is 2. The molecule has 3 heterocycles. The van der Waals surface area contributed by atoms with Crippen molar-refractivity contribution in [2.24, 2.45) is 5.92 Å². The summed E-state index contributed by atoms with van der Waals surface area (Å²) in [4.78, 5) is 28.1. The number of rotatable bonds is 9. The van der Waals surface area contributed by atoms with E-state index in [0.717, 1.165) is 43.5 Å². The molecule has 1 saturated heterocycles. The van der Waals surface area contributed by atoms with Crippen LogP contribution in [-0.4, -0.2) is 65.1 Å². The lowest BCUT2D eigenvalue weighted by molar-refractivity contribution is -0.116. The molecule has 1 aromatic carbocycles. The van der Waals surface area contributed by atoms with Crippen LogP contribution in [0.5, 0.6) is 6.01 Å². The van der Waals surface area contributed by atoms with Gasteiger partial charge < -0.3 is 20.3 Å². The Morgan fingerprint density at radius 2 is 2.14 bits per heavy atom. The molecule has 194 valence electrons. The number of carbonyl (C=O) groups is 1. The fraction of sp³-hybridized carbons (Fsp3) is 0.429. The molecular formula is C28H33ClN6O2. The van der Waals surface area contributed by atoms with Crippen LogP contribution in [0, 0.1) is 5.92 Å². The molecule has 1 unspecified atom stereocenters. The van der Waals surface area contributed by atoms with Gasteiger partial charge in [0, 0.05) is 24.7 Å². The van der Waals surface area contributed by atoms with Crippen molar-refractivity contribution in [3.05, 3.63) is 53.1 Å². The topological polar surface area (TPSA) is 92.3 Å². The van der Waals surface area contributed by atoms with E-state index in [4.69, 9.17) is 21.3 Å². The fourth-order valence-electron chi connectivity index (χ4n) is 5.28. The summed E-state index contributed by atoms with van der Waals surface area (Å²) in [6.07, 6.45) is 5.58. The molecule has 1 amide bonds. The van der Waals surface area contributed by atoms with Crippen molar-refractivity contribution in [3.8, 4) is 17.3 Å². The number of halogens is 1. The largest absolute Gasteiger partial charge is 0.462 e. The summed E-state index contributed by atoms with van der Waals surface area (Å²) in [5, 5.41) is 7.30. The second kappa shape index (κ2) is 11.0. The summed E-state index contributed by atoms with van der Waals surface area (Å²) in [5.74, 6) is 0.947. The lowest BCUT2D eigenvalue weighted by Crippen LogP contribution is -2.31. The molecule has 1 fully saturated rings. The number of aromatic nitrogens is 3. The summed E-state index contributed by atoms with van der Waals surface area (Å²) >= 11 is 6.82. The number of nitrogens with zero attached hydrogens (tertiary/aromatic N) is 4. The Morgan fingerprint density at radius 3 is 2.92 bits per heavy atom. The number of carbonyl (C=O) groups excluding carboxylic acids is 1. The van der Waals surface area contributed by atoms with Crippen molar-refractivity contribution >= 4 is 34.4 Å². The van der Waals surface area contributed by atoms with Crippen LogP contribution < -0.4 is 15.4 Å². The predicted molar refractivity (Wildman–Crippen MR) is 147 cm³/mol. The molecule has 2 atom stereocenters. The molecule has 8 nitrogen and oxygen atoms in total. The minimum Gasteiger partial charge on any atom is -0.462 e. The van der Waals surface area contributed by atoms with Gasteiger partial charge in [0.05, 0.1) is 16.1 Å². The average Bonchev–Trinajstić information content (AvgIpc) is 3.48. The van der Waals surface area contributed by atoms with E-state index in [1.54, 1.807) is 0 Å². The third-order valence-electron chi connectivity index (χ3n) is 7.25. The van der Waals surface area contributed by atoms with E-state index in [2.05, 4.69) is 64.3 Å². The first kappa shape index (κ1) is 25.4. The Bertz CT molecular complexity index is 1330. The summed E-state index contributed by atoms with van der Waals surface area (Å²) in [6.45, 7) is 8.20. The highest BCUT2D eigenvalue weighted by Gasteiger charge is 2.25. The molecule has 0 spiro atoms. The Balaban J connectivity index is 1.49. The van der Waals surface area contributed by atoms with E-state index >= 15 is 0 Å². The van der Waals surface area contributed by atoms with Crippen LogP contribution in [0.1, 0.15) is 30.9 Å². The Morgan fingerprint density at radius 1 is 1.27 bits per heavy atom. The fourth-order valence-corrected chi connectivity index (χ4v) is 5.54. The molecule has 0 saturated carbocycles. The van der Waals surface area contributed by atoms with Crippen LogP contribution in [0.15, 0.2) is 36.9 Å². The van der Waals surface area contributed by atoms with Crippen LogP contribution in [0.4, 0.5) is 5.82 Å². The van der Waals surface area contributed by atoms with Gasteiger partial charge in [-0.05, 0) is 68.5 Å². The third-order valence-corrected chi connectivity index (χ3v) is 7.54. The first-order valence-electron chi connectivity index (χ1n) is 12.9. The lowest BCUT2D eigenvalue weighted by Gasteiger charge is -2.19. The number of ether oxygens (including phenoxy) is 1. The molecule has 5 rings (SSSR count). The van der Waals surface area contributed by atoms with Gasteiger partial charge in [0.2, 0.25) is 5.91 Å². The van der Waals surface area contributed by atoms with Gasteiger partial charge in [-0.3, -0.25) is 4.79 Å². The van der Waals surface area contributed by atoms with Gasteiger partial charge in [-0.1, -0.05) is 43.3 Å². The lowest BCUT2D eigenvalue weighted by atomic mass is 10.00. The zero-order chi connectivity index (χ0) is 25.9. The van der Waals surface area contributed by atoms with Crippen LogP contribution in [0.25, 0.3) is 22.3 Å². The van der Waals surface area contributed by atoms with Crippen LogP contribution in [0.3, 0.4) is 0 Å². The molecule has 2 N–H and O–H groups in total. The number of likely N-dealkylation sites (N-methyl/N-ethyl adjacent to an activating group) is 1. The maximum atomic E-state index is 11.5. The summed E-state index contributed by atoms with van der Waals surface area (Å²) in [6, 6.07) is 8.85. The first-order valence-corrected chi connectivity index (χ1v) is 13.3. The molecule has 3 aromatic rings. The van der Waals surface area contributed by atoms with E-state index in [9.17, 15) is 4.79 Å². The van der Waals surface area contributed by atoms with E-state index < -0.39 is 0 Å². The van der Waals surface area contributed by atoms with Gasteiger partial charge in [0.15, 0.2) is 5.65 Å². The van der Waals surface area contributed by atoms with E-state index in [-0.39, 0.29) is 11.9 Å². The number of nitrogens with one attached hydrogen (secondary N) is 2. The Labute approximate surface area is 222 Å². The molecule has 1 aliphatic heterocycles. The van der Waals surface area contributed by atoms with E-state index in [1.165, 1.54) is 17.2 Å². The van der Waals surface area contributed by atoms with Gasteiger partial charge >= 0.3 is 6.01 Å². The predicted octanol–water partition coefficient (Wildman–Crippen LogP) is 4.27. The van der Waals surface area contributed by atoms with Crippen LogP contribution >= 0.6 is 11.6 Å². The Kier molecular flexibility index (Phi) is 7.58. The van der Waals surface area contributed by atoms with Crippen molar-refractivity contribution in [2.45, 2.75) is 38.6 Å². The van der Waals surface area contributed by atoms with Gasteiger partial charge in [-0.2, -0.15) is 9.97 Å². The summed E-state index contributed by atoms with van der Waals surface area (Å²) in [5.41, 5.74) is 4.98. The standard InChI is InChI=1S/C28H33ClN6O2/c1-4-24(36)30-10-11-31-26-22-15-23(29)25(20-9-5-7-18-13-17(2)14-21(18)20)32-27(22)34-28(33-26)37-16-19-8-6-12-35(19)3/h4-5,7,9,15,17,19H,1,6,8,10-14,16H2,2-3H3,(H,30,36)(H,31,32,33,34)/t17?,19-/m0/s1. The van der Waals surface area contributed by atoms with Gasteiger partial charge in [0.25, 0.3) is 0 Å². The number of pyridine rings is 1. The molecule has 1 aliphatic carbocycles. The highest BCUT2D eigenvalue weighted by atomic mass is 35.5. The number of hydrogen-bond donors (Lipinski definition) is 2. The Hall–Kier alpha value is -3.23. The van der Waals surface area contributed by atoms with E-state index in [0.29, 0.717) is 53.5 Å². The molecule has 0 bridgehead atoms. The second-order valence-corrected chi connectivity index (χ2v) is 10.4. The van der Waals surface area contributed by atoms with Crippen LogP contribution in [0.2, 0.25) is 5.02 Å². The second-order valence-electron chi connectivity index (χ2n) is 10.0.